The average Bonchev–Trinajstić information content (AvgIpc) is 2.83. The summed E-state index contributed by atoms with van der Waals surface area (Å²) in [7, 11) is 0. The zero-order valence-electron chi connectivity index (χ0n) is 24.4. The Labute approximate surface area is 224 Å². The van der Waals surface area contributed by atoms with Gasteiger partial charge in [0, 0.05) is 6.54 Å². The van der Waals surface area contributed by atoms with Crippen molar-refractivity contribution in [2.45, 2.75) is 112 Å². The number of nitrogens with one attached hydrogen (secondary N) is 1. The number of carbonyl (C=O) groups is 1. The molecule has 5 rings (SSSR count). The molecule has 0 aromatic heterocycles. The molecule has 5 aliphatic carbocycles. The number of amides is 1. The van der Waals surface area contributed by atoms with Crippen molar-refractivity contribution in [3.8, 4) is 0 Å². The van der Waals surface area contributed by atoms with Gasteiger partial charge in [0.25, 0.3) is 0 Å². The monoisotopic (exact) mass is 515 g/mol. The van der Waals surface area contributed by atoms with E-state index in [1.807, 2.05) is 0 Å². The Bertz CT molecular complexity index is 960. The highest BCUT2D eigenvalue weighted by Crippen LogP contribution is 2.75. The first-order valence-electron chi connectivity index (χ1n) is 15.2. The standard InChI is InChI=1S/C32H53NO4/c1-19-10-13-32(27(37)33-16-17-34)15-14-30(6)21(25(32)20(19)2)8-9-24-29(5)18-22(35)26(36)28(3,4)23(29)11-12-31(24,30)7/h8,19-20,22-26,34-36H,9-18H2,1-7H3,(H,33,37)/t19-,20+,22-,23+,24-,25+,26+,29+,30-,31-,32+/m1/s1. The third-order valence-electron chi connectivity index (χ3n) is 13.8. The second-order valence-corrected chi connectivity index (χ2v) is 15.3. The van der Waals surface area contributed by atoms with Gasteiger partial charge in [0.15, 0.2) is 0 Å². The predicted octanol–water partition coefficient (Wildman–Crippen LogP) is 5.08. The minimum absolute atomic E-state index is 0.0186. The van der Waals surface area contributed by atoms with Gasteiger partial charge < -0.3 is 20.6 Å². The van der Waals surface area contributed by atoms with Crippen molar-refractivity contribution in [2.24, 2.45) is 56.7 Å². The van der Waals surface area contributed by atoms with E-state index < -0.39 is 12.2 Å². The fraction of sp³-hybridized carbons (Fsp3) is 0.906. The maximum atomic E-state index is 13.8. The van der Waals surface area contributed by atoms with Crippen LogP contribution in [0.15, 0.2) is 11.6 Å². The van der Waals surface area contributed by atoms with Gasteiger partial charge in [-0.3, -0.25) is 4.79 Å². The van der Waals surface area contributed by atoms with Crippen LogP contribution in [0.2, 0.25) is 0 Å². The number of hydrogen-bond donors (Lipinski definition) is 4. The van der Waals surface area contributed by atoms with Crippen molar-refractivity contribution in [2.75, 3.05) is 13.2 Å². The molecule has 0 saturated heterocycles. The first-order chi connectivity index (χ1) is 17.2. The van der Waals surface area contributed by atoms with E-state index in [4.69, 9.17) is 0 Å². The topological polar surface area (TPSA) is 89.8 Å². The Kier molecular flexibility index (Phi) is 6.57. The van der Waals surface area contributed by atoms with Crippen molar-refractivity contribution < 1.29 is 20.1 Å². The highest BCUT2D eigenvalue weighted by Gasteiger charge is 2.70. The molecule has 4 fully saturated rings. The van der Waals surface area contributed by atoms with Gasteiger partial charge in [-0.15, -0.1) is 0 Å². The van der Waals surface area contributed by atoms with E-state index in [1.165, 1.54) is 5.57 Å². The summed E-state index contributed by atoms with van der Waals surface area (Å²) >= 11 is 0. The van der Waals surface area contributed by atoms with Crippen LogP contribution in [0.4, 0.5) is 0 Å². The van der Waals surface area contributed by atoms with Crippen LogP contribution in [0.5, 0.6) is 0 Å². The van der Waals surface area contributed by atoms with Gasteiger partial charge in [0.05, 0.1) is 24.2 Å². The van der Waals surface area contributed by atoms with Gasteiger partial charge in [0.2, 0.25) is 5.91 Å². The minimum Gasteiger partial charge on any atom is -0.395 e. The van der Waals surface area contributed by atoms with Crippen LogP contribution >= 0.6 is 0 Å². The predicted molar refractivity (Wildman–Crippen MR) is 146 cm³/mol. The number of aliphatic hydroxyl groups excluding tert-OH is 3. The first kappa shape index (κ1) is 27.6. The highest BCUT2D eigenvalue weighted by atomic mass is 16.3. The maximum Gasteiger partial charge on any atom is 0.226 e. The van der Waals surface area contributed by atoms with E-state index in [0.717, 1.165) is 44.9 Å². The third-order valence-corrected chi connectivity index (χ3v) is 13.8. The molecule has 0 aromatic rings. The van der Waals surface area contributed by atoms with E-state index in [9.17, 15) is 20.1 Å². The third kappa shape index (κ3) is 3.48. The lowest BCUT2D eigenvalue weighted by molar-refractivity contribution is -0.231. The molecule has 0 bridgehead atoms. The van der Waals surface area contributed by atoms with Gasteiger partial charge in [0.1, 0.15) is 0 Å². The fourth-order valence-corrected chi connectivity index (χ4v) is 11.4. The van der Waals surface area contributed by atoms with E-state index in [-0.39, 0.29) is 45.5 Å². The normalized spacial score (nSPS) is 52.6. The molecule has 5 nitrogen and oxygen atoms in total. The summed E-state index contributed by atoms with van der Waals surface area (Å²) in [5.41, 5.74) is 0.940. The molecule has 0 radical (unpaired) electrons. The Hall–Kier alpha value is -0.910. The summed E-state index contributed by atoms with van der Waals surface area (Å²) in [6.45, 7) is 16.9. The van der Waals surface area contributed by atoms with Crippen LogP contribution in [-0.2, 0) is 4.79 Å². The number of hydrogen-bond acceptors (Lipinski definition) is 4. The Morgan fingerprint density at radius 3 is 2.38 bits per heavy atom. The van der Waals surface area contributed by atoms with Crippen molar-refractivity contribution in [1.82, 2.24) is 5.32 Å². The van der Waals surface area contributed by atoms with E-state index in [2.05, 4.69) is 59.9 Å². The molecule has 0 spiro atoms. The van der Waals surface area contributed by atoms with Crippen LogP contribution in [-0.4, -0.2) is 46.6 Å². The minimum atomic E-state index is -0.676. The Morgan fingerprint density at radius 2 is 1.70 bits per heavy atom. The SMILES string of the molecule is C[C@H]1[C@H](C)CC[C@]2(C(=O)NCCO)CC[C@]3(C)C(=CC[C@@H]4[C@@]5(C)C[C@@H](O)[C@H](O)C(C)(C)[C@@H]5CC[C@]43C)[C@H]12. The maximum absolute atomic E-state index is 13.8. The van der Waals surface area contributed by atoms with Crippen LogP contribution in [0.3, 0.4) is 0 Å². The summed E-state index contributed by atoms with van der Waals surface area (Å²) in [6, 6.07) is 0. The van der Waals surface area contributed by atoms with Crippen LogP contribution < -0.4 is 5.32 Å². The summed E-state index contributed by atoms with van der Waals surface area (Å²) < 4.78 is 0. The zero-order valence-corrected chi connectivity index (χ0v) is 24.4. The second-order valence-electron chi connectivity index (χ2n) is 15.3. The molecule has 0 aromatic carbocycles. The molecule has 0 unspecified atom stereocenters. The lowest BCUT2D eigenvalue weighted by Crippen LogP contribution is -2.67. The summed E-state index contributed by atoms with van der Waals surface area (Å²) in [5.74, 6) is 2.25. The summed E-state index contributed by atoms with van der Waals surface area (Å²) in [4.78, 5) is 13.8. The molecule has 210 valence electrons. The van der Waals surface area contributed by atoms with Crippen molar-refractivity contribution in [3.63, 3.8) is 0 Å². The Morgan fingerprint density at radius 1 is 1.00 bits per heavy atom. The second kappa shape index (κ2) is 8.80. The van der Waals surface area contributed by atoms with Gasteiger partial charge in [-0.25, -0.2) is 0 Å². The molecule has 0 aliphatic heterocycles. The number of aliphatic hydroxyl groups is 3. The van der Waals surface area contributed by atoms with Crippen molar-refractivity contribution in [3.05, 3.63) is 11.6 Å². The molecule has 4 N–H and O–H groups in total. The average molecular weight is 516 g/mol. The largest absolute Gasteiger partial charge is 0.395 e. The van der Waals surface area contributed by atoms with Gasteiger partial charge in [-0.2, -0.15) is 0 Å². The van der Waals surface area contributed by atoms with E-state index in [0.29, 0.717) is 36.6 Å². The lowest BCUT2D eigenvalue weighted by Gasteiger charge is -2.71. The van der Waals surface area contributed by atoms with Crippen molar-refractivity contribution in [1.29, 1.82) is 0 Å². The Balaban J connectivity index is 1.59. The fourth-order valence-electron chi connectivity index (χ4n) is 11.4. The van der Waals surface area contributed by atoms with Gasteiger partial charge in [-0.1, -0.05) is 60.1 Å². The number of carbonyl (C=O) groups excluding carboxylic acids is 1. The molecule has 1 amide bonds. The quantitative estimate of drug-likeness (QED) is 0.395. The van der Waals surface area contributed by atoms with Crippen LogP contribution in [0.1, 0.15) is 99.8 Å². The van der Waals surface area contributed by atoms with Gasteiger partial charge >= 0.3 is 0 Å². The van der Waals surface area contributed by atoms with E-state index >= 15 is 0 Å². The molecule has 5 aliphatic rings. The smallest absolute Gasteiger partial charge is 0.226 e. The van der Waals surface area contributed by atoms with Crippen LogP contribution in [0.25, 0.3) is 0 Å². The lowest BCUT2D eigenvalue weighted by atomic mass is 9.33. The molecule has 11 atom stereocenters. The van der Waals surface area contributed by atoms with Crippen molar-refractivity contribution >= 4 is 5.91 Å². The molecular formula is C32H53NO4. The molecule has 4 saturated carbocycles. The zero-order chi connectivity index (χ0) is 27.2. The highest BCUT2D eigenvalue weighted by molar-refractivity contribution is 5.84. The summed E-state index contributed by atoms with van der Waals surface area (Å²) in [5, 5.41) is 34.5. The number of fused-ring (bicyclic) bond motifs is 7. The van der Waals surface area contributed by atoms with E-state index in [1.54, 1.807) is 0 Å². The molecule has 0 heterocycles. The number of rotatable bonds is 3. The van der Waals surface area contributed by atoms with Crippen LogP contribution in [0, 0.1) is 56.7 Å². The van der Waals surface area contributed by atoms with Gasteiger partial charge in [-0.05, 0) is 103 Å². The first-order valence-corrected chi connectivity index (χ1v) is 15.2. The number of allylic oxidation sites excluding steroid dienone is 2. The summed E-state index contributed by atoms with van der Waals surface area (Å²) in [6.07, 6.45) is 9.06. The molecule has 5 heteroatoms. The molecular weight excluding hydrogens is 462 g/mol. The molecule has 37 heavy (non-hydrogen) atoms.